The first-order valence-electron chi connectivity index (χ1n) is 7.00. The van der Waals surface area contributed by atoms with Crippen LogP contribution in [0.1, 0.15) is 24.8 Å². The lowest BCUT2D eigenvalue weighted by atomic mass is 10.1. The largest absolute Gasteiger partial charge is 0.396 e. The first kappa shape index (κ1) is 15.4. The molecule has 1 aromatic rings. The molecule has 0 aliphatic heterocycles. The zero-order valence-corrected chi connectivity index (χ0v) is 11.9. The predicted octanol–water partition coefficient (Wildman–Crippen LogP) is 1.35. The molecular formula is C15H19FN2O3. The van der Waals surface area contributed by atoms with Crippen LogP contribution in [0.25, 0.3) is 0 Å². The maximum absolute atomic E-state index is 13.6. The van der Waals surface area contributed by atoms with E-state index in [0.29, 0.717) is 12.3 Å². The number of nitrogens with one attached hydrogen (secondary N) is 2. The number of carbonyl (C=O) groups excluding carboxylic acids is 2. The van der Waals surface area contributed by atoms with Crippen molar-refractivity contribution in [3.05, 3.63) is 29.6 Å². The Labute approximate surface area is 122 Å². The lowest BCUT2D eigenvalue weighted by Crippen LogP contribution is -2.43. The highest BCUT2D eigenvalue weighted by atomic mass is 19.1. The number of anilines is 1. The first-order valence-corrected chi connectivity index (χ1v) is 7.00. The fourth-order valence-electron chi connectivity index (χ4n) is 2.20. The van der Waals surface area contributed by atoms with Gasteiger partial charge in [-0.25, -0.2) is 4.39 Å². The highest BCUT2D eigenvalue weighted by Crippen LogP contribution is 2.33. The zero-order chi connectivity index (χ0) is 15.4. The number of hydrogen-bond donors (Lipinski definition) is 3. The Morgan fingerprint density at radius 1 is 1.38 bits per heavy atom. The third-order valence-electron chi connectivity index (χ3n) is 3.53. The summed E-state index contributed by atoms with van der Waals surface area (Å²) in [6, 6.07) is 4.15. The number of aliphatic hydroxyl groups excluding tert-OH is 1. The van der Waals surface area contributed by atoms with Gasteiger partial charge in [-0.15, -0.1) is 0 Å². The molecule has 6 heteroatoms. The molecule has 1 aliphatic carbocycles. The molecule has 0 radical (unpaired) electrons. The minimum atomic E-state index is -0.902. The number of carbonyl (C=O) groups is 2. The molecular weight excluding hydrogens is 275 g/mol. The van der Waals surface area contributed by atoms with E-state index in [-0.39, 0.29) is 18.3 Å². The Hall–Kier alpha value is -1.95. The van der Waals surface area contributed by atoms with Crippen LogP contribution in [0.4, 0.5) is 10.1 Å². The number of aryl methyl sites for hydroxylation is 1. The number of halogens is 1. The Bertz CT molecular complexity index is 544. The topological polar surface area (TPSA) is 78.4 Å². The molecule has 0 saturated heterocycles. The van der Waals surface area contributed by atoms with Crippen LogP contribution in [0.2, 0.25) is 0 Å². The minimum Gasteiger partial charge on any atom is -0.396 e. The third-order valence-corrected chi connectivity index (χ3v) is 3.53. The summed E-state index contributed by atoms with van der Waals surface area (Å²) in [6.07, 6.45) is 2.39. The number of aliphatic hydroxyl groups is 1. The molecule has 1 atom stereocenters. The summed E-state index contributed by atoms with van der Waals surface area (Å²) in [5, 5.41) is 13.8. The third kappa shape index (κ3) is 4.26. The van der Waals surface area contributed by atoms with E-state index in [1.54, 1.807) is 13.0 Å². The molecule has 2 rings (SSSR count). The summed E-state index contributed by atoms with van der Waals surface area (Å²) in [4.78, 5) is 23.6. The van der Waals surface area contributed by atoms with Gasteiger partial charge >= 0.3 is 11.8 Å². The molecule has 1 unspecified atom stereocenters. The second kappa shape index (κ2) is 6.67. The van der Waals surface area contributed by atoms with E-state index in [2.05, 4.69) is 10.6 Å². The van der Waals surface area contributed by atoms with Crippen molar-refractivity contribution in [3.63, 3.8) is 0 Å². The maximum Gasteiger partial charge on any atom is 0.313 e. The lowest BCUT2D eigenvalue weighted by Gasteiger charge is -2.16. The van der Waals surface area contributed by atoms with Gasteiger partial charge in [0.1, 0.15) is 5.82 Å². The fraction of sp³-hybridized carbons (Fsp3) is 0.467. The van der Waals surface area contributed by atoms with Gasteiger partial charge in [0.2, 0.25) is 0 Å². The van der Waals surface area contributed by atoms with Gasteiger partial charge in [-0.05, 0) is 49.8 Å². The molecule has 114 valence electrons. The van der Waals surface area contributed by atoms with Crippen molar-refractivity contribution in [3.8, 4) is 0 Å². The van der Waals surface area contributed by atoms with Crippen LogP contribution in [0.5, 0.6) is 0 Å². The van der Waals surface area contributed by atoms with Crippen LogP contribution < -0.4 is 10.6 Å². The van der Waals surface area contributed by atoms with Gasteiger partial charge in [-0.3, -0.25) is 9.59 Å². The van der Waals surface area contributed by atoms with Crippen molar-refractivity contribution >= 4 is 17.5 Å². The van der Waals surface area contributed by atoms with Gasteiger partial charge in [-0.2, -0.15) is 0 Å². The maximum atomic E-state index is 13.6. The number of benzene rings is 1. The average molecular weight is 294 g/mol. The van der Waals surface area contributed by atoms with Gasteiger partial charge in [-0.1, -0.05) is 6.07 Å². The smallest absolute Gasteiger partial charge is 0.313 e. The van der Waals surface area contributed by atoms with E-state index in [1.165, 1.54) is 12.1 Å². The van der Waals surface area contributed by atoms with E-state index in [0.717, 1.165) is 18.4 Å². The monoisotopic (exact) mass is 294 g/mol. The molecule has 0 aromatic heterocycles. The van der Waals surface area contributed by atoms with Crippen molar-refractivity contribution in [1.29, 1.82) is 0 Å². The van der Waals surface area contributed by atoms with E-state index >= 15 is 0 Å². The van der Waals surface area contributed by atoms with E-state index in [4.69, 9.17) is 5.11 Å². The fourth-order valence-corrected chi connectivity index (χ4v) is 2.20. The summed E-state index contributed by atoms with van der Waals surface area (Å²) >= 11 is 0. The van der Waals surface area contributed by atoms with Gasteiger partial charge < -0.3 is 15.7 Å². The number of hydrogen-bond acceptors (Lipinski definition) is 3. The highest BCUT2D eigenvalue weighted by molar-refractivity contribution is 6.39. The average Bonchev–Trinajstić information content (AvgIpc) is 3.25. The minimum absolute atomic E-state index is 0.0223. The van der Waals surface area contributed by atoms with E-state index in [9.17, 15) is 14.0 Å². The van der Waals surface area contributed by atoms with Gasteiger partial charge in [0, 0.05) is 12.6 Å². The van der Waals surface area contributed by atoms with Crippen LogP contribution in [0.15, 0.2) is 18.2 Å². The summed E-state index contributed by atoms with van der Waals surface area (Å²) in [5.74, 6) is -1.96. The summed E-state index contributed by atoms with van der Waals surface area (Å²) in [7, 11) is 0. The number of rotatable bonds is 5. The SMILES string of the molecule is Cc1ccc(NC(=O)C(=O)NC(CCO)C2CC2)c(F)c1. The Morgan fingerprint density at radius 2 is 2.10 bits per heavy atom. The quantitative estimate of drug-likeness (QED) is 0.717. The first-order chi connectivity index (χ1) is 10.0. The van der Waals surface area contributed by atoms with Crippen molar-refractivity contribution in [2.24, 2.45) is 5.92 Å². The Kier molecular flexibility index (Phi) is 4.90. The van der Waals surface area contributed by atoms with Crippen LogP contribution >= 0.6 is 0 Å². The summed E-state index contributed by atoms with van der Waals surface area (Å²) in [6.45, 7) is 1.69. The Balaban J connectivity index is 1.94. The molecule has 1 aromatic carbocycles. The molecule has 21 heavy (non-hydrogen) atoms. The van der Waals surface area contributed by atoms with Crippen LogP contribution in [0, 0.1) is 18.7 Å². The normalized spacial score (nSPS) is 15.4. The molecule has 1 saturated carbocycles. The van der Waals surface area contributed by atoms with Gasteiger partial charge in [0.25, 0.3) is 0 Å². The van der Waals surface area contributed by atoms with Crippen LogP contribution in [-0.4, -0.2) is 29.6 Å². The molecule has 0 bridgehead atoms. The second-order valence-corrected chi connectivity index (χ2v) is 5.37. The second-order valence-electron chi connectivity index (χ2n) is 5.37. The molecule has 1 fully saturated rings. The zero-order valence-electron chi connectivity index (χ0n) is 11.9. The Morgan fingerprint density at radius 3 is 2.67 bits per heavy atom. The van der Waals surface area contributed by atoms with Crippen molar-refractivity contribution < 1.29 is 19.1 Å². The molecule has 1 aliphatic rings. The molecule has 2 amide bonds. The molecule has 3 N–H and O–H groups in total. The van der Waals surface area contributed by atoms with Gasteiger partial charge in [0.05, 0.1) is 5.69 Å². The predicted molar refractivity (Wildman–Crippen MR) is 76.1 cm³/mol. The summed E-state index contributed by atoms with van der Waals surface area (Å²) < 4.78 is 13.6. The van der Waals surface area contributed by atoms with Crippen LogP contribution in [0.3, 0.4) is 0 Å². The van der Waals surface area contributed by atoms with E-state index < -0.39 is 17.6 Å². The van der Waals surface area contributed by atoms with Gasteiger partial charge in [0.15, 0.2) is 0 Å². The standard InChI is InChI=1S/C15H19FN2O3/c1-9-2-5-13(11(16)8-9)18-15(21)14(20)17-12(6-7-19)10-3-4-10/h2,5,8,10,12,19H,3-4,6-7H2,1H3,(H,17,20)(H,18,21). The lowest BCUT2D eigenvalue weighted by molar-refractivity contribution is -0.136. The van der Waals surface area contributed by atoms with E-state index in [1.807, 2.05) is 0 Å². The van der Waals surface area contributed by atoms with Crippen LogP contribution in [-0.2, 0) is 9.59 Å². The molecule has 0 spiro atoms. The number of amides is 2. The van der Waals surface area contributed by atoms with Crippen molar-refractivity contribution in [2.75, 3.05) is 11.9 Å². The highest BCUT2D eigenvalue weighted by Gasteiger charge is 2.33. The summed E-state index contributed by atoms with van der Waals surface area (Å²) in [5.41, 5.74) is 0.706. The van der Waals surface area contributed by atoms with Crippen molar-refractivity contribution in [2.45, 2.75) is 32.2 Å². The molecule has 0 heterocycles. The molecule has 5 nitrogen and oxygen atoms in total. The van der Waals surface area contributed by atoms with Crippen molar-refractivity contribution in [1.82, 2.24) is 5.32 Å².